The number of hydrogen-bond donors (Lipinski definition) is 1. The lowest BCUT2D eigenvalue weighted by atomic mass is 10.1. The number of hydrogen-bond acceptors (Lipinski definition) is 3. The number of nitrogens with two attached hydrogens (primary N) is 1. The second-order valence-electron chi connectivity index (χ2n) is 4.06. The minimum atomic E-state index is -0.221. The fourth-order valence-electron chi connectivity index (χ4n) is 1.58. The van der Waals surface area contributed by atoms with Crippen LogP contribution in [0.15, 0.2) is 49.1 Å². The van der Waals surface area contributed by atoms with Gasteiger partial charge in [0.15, 0.2) is 0 Å². The van der Waals surface area contributed by atoms with Crippen molar-refractivity contribution >= 4 is 0 Å². The first-order valence-corrected chi connectivity index (χ1v) is 5.86. The van der Waals surface area contributed by atoms with Gasteiger partial charge in [-0.2, -0.15) is 0 Å². The van der Waals surface area contributed by atoms with Crippen LogP contribution in [0.25, 0.3) is 0 Å². The van der Waals surface area contributed by atoms with Gasteiger partial charge in [-0.05, 0) is 31.6 Å². The molecule has 0 aliphatic rings. The highest BCUT2D eigenvalue weighted by Crippen LogP contribution is 2.16. The molecule has 18 heavy (non-hydrogen) atoms. The monoisotopic (exact) mass is 244 g/mol. The van der Waals surface area contributed by atoms with E-state index in [1.54, 1.807) is 12.2 Å². The van der Waals surface area contributed by atoms with Crippen LogP contribution in [0.5, 0.6) is 5.75 Å². The second-order valence-corrected chi connectivity index (χ2v) is 4.06. The first-order valence-electron chi connectivity index (χ1n) is 5.86. The van der Waals surface area contributed by atoms with Crippen LogP contribution in [0.2, 0.25) is 0 Å². The summed E-state index contributed by atoms with van der Waals surface area (Å²) in [5.74, 6) is 0.762. The predicted octanol–water partition coefficient (Wildman–Crippen LogP) is 2.70. The molecule has 0 fully saturated rings. The average molecular weight is 244 g/mol. The van der Waals surface area contributed by atoms with E-state index in [9.17, 15) is 0 Å². The van der Waals surface area contributed by atoms with Gasteiger partial charge in [-0.1, -0.05) is 31.4 Å². The minimum absolute atomic E-state index is 0.221. The number of aryl methyl sites for hydroxylation is 2. The van der Waals surface area contributed by atoms with Crippen molar-refractivity contribution in [2.24, 2.45) is 5.73 Å². The number of aromatic nitrogens is 1. The molecule has 0 radical (unpaired) electrons. The van der Waals surface area contributed by atoms with Gasteiger partial charge in [0.1, 0.15) is 12.4 Å². The third kappa shape index (κ3) is 3.86. The summed E-state index contributed by atoms with van der Waals surface area (Å²) in [6, 6.07) is 3.61. The lowest BCUT2D eigenvalue weighted by Crippen LogP contribution is -2.29. The Bertz CT molecular complexity index is 464. The topological polar surface area (TPSA) is 48.1 Å². The van der Waals surface area contributed by atoms with Crippen molar-refractivity contribution in [3.63, 3.8) is 0 Å². The SMILES string of the molecule is C=C/C=C(\C=C)C(N)COc1ccc(C)nc1C. The third-order valence-electron chi connectivity index (χ3n) is 2.57. The third-order valence-corrected chi connectivity index (χ3v) is 2.57. The van der Waals surface area contributed by atoms with Crippen LogP contribution >= 0.6 is 0 Å². The highest BCUT2D eigenvalue weighted by molar-refractivity contribution is 5.30. The number of ether oxygens (including phenoxy) is 1. The number of rotatable bonds is 6. The molecule has 0 aromatic carbocycles. The van der Waals surface area contributed by atoms with Crippen LogP contribution in [-0.4, -0.2) is 17.6 Å². The molecule has 0 amide bonds. The molecule has 1 atom stereocenters. The van der Waals surface area contributed by atoms with Crippen molar-refractivity contribution in [1.29, 1.82) is 0 Å². The molecule has 1 heterocycles. The fraction of sp³-hybridized carbons (Fsp3) is 0.267. The second kappa shape index (κ2) is 6.77. The summed E-state index contributed by atoms with van der Waals surface area (Å²) in [5, 5.41) is 0. The average Bonchev–Trinajstić information content (AvgIpc) is 2.34. The van der Waals surface area contributed by atoms with Crippen LogP contribution in [-0.2, 0) is 0 Å². The molecule has 1 rings (SSSR count). The lowest BCUT2D eigenvalue weighted by Gasteiger charge is -2.15. The first kappa shape index (κ1) is 14.2. The smallest absolute Gasteiger partial charge is 0.140 e. The van der Waals surface area contributed by atoms with Crippen molar-refractivity contribution in [3.05, 3.63) is 60.5 Å². The standard InChI is InChI=1S/C15H20N2O/c1-5-7-13(6-2)14(16)10-18-15-9-8-11(3)17-12(15)4/h5-9,14H,1-2,10,16H2,3-4H3/b13-7+. The molecule has 3 nitrogen and oxygen atoms in total. The van der Waals surface area contributed by atoms with Crippen LogP contribution in [0.1, 0.15) is 11.4 Å². The molecule has 1 aromatic heterocycles. The summed E-state index contributed by atoms with van der Waals surface area (Å²) in [4.78, 5) is 4.34. The molecule has 0 saturated heterocycles. The number of nitrogens with zero attached hydrogens (tertiary/aromatic N) is 1. The Kier molecular flexibility index (Phi) is 5.33. The maximum absolute atomic E-state index is 6.01. The van der Waals surface area contributed by atoms with Gasteiger partial charge in [0.25, 0.3) is 0 Å². The quantitative estimate of drug-likeness (QED) is 0.783. The van der Waals surface area contributed by atoms with Crippen LogP contribution in [0, 0.1) is 13.8 Å². The minimum Gasteiger partial charge on any atom is -0.490 e. The molecular formula is C15H20N2O. The van der Waals surface area contributed by atoms with E-state index in [1.165, 1.54) is 0 Å². The van der Waals surface area contributed by atoms with E-state index in [2.05, 4.69) is 18.1 Å². The summed E-state index contributed by atoms with van der Waals surface area (Å²) in [6.07, 6.45) is 5.24. The van der Waals surface area contributed by atoms with Gasteiger partial charge >= 0.3 is 0 Å². The van der Waals surface area contributed by atoms with E-state index in [0.29, 0.717) is 6.61 Å². The molecule has 1 aromatic rings. The summed E-state index contributed by atoms with van der Waals surface area (Å²) in [6.45, 7) is 11.6. The molecule has 1 unspecified atom stereocenters. The Balaban J connectivity index is 2.67. The fourth-order valence-corrected chi connectivity index (χ4v) is 1.58. The molecule has 2 N–H and O–H groups in total. The highest BCUT2D eigenvalue weighted by Gasteiger charge is 2.08. The zero-order chi connectivity index (χ0) is 13.5. The summed E-state index contributed by atoms with van der Waals surface area (Å²) in [5.41, 5.74) is 8.76. The van der Waals surface area contributed by atoms with Gasteiger partial charge < -0.3 is 10.5 Å². The van der Waals surface area contributed by atoms with Gasteiger partial charge in [0, 0.05) is 5.69 Å². The van der Waals surface area contributed by atoms with Gasteiger partial charge in [0.2, 0.25) is 0 Å². The highest BCUT2D eigenvalue weighted by atomic mass is 16.5. The Morgan fingerprint density at radius 3 is 2.72 bits per heavy atom. The van der Waals surface area contributed by atoms with Gasteiger partial charge in [-0.25, -0.2) is 0 Å². The Hall–Kier alpha value is -1.87. The molecule has 0 spiro atoms. The van der Waals surface area contributed by atoms with Gasteiger partial charge in [-0.3, -0.25) is 4.98 Å². The van der Waals surface area contributed by atoms with Crippen molar-refractivity contribution in [2.75, 3.05) is 6.61 Å². The van der Waals surface area contributed by atoms with Crippen LogP contribution in [0.4, 0.5) is 0 Å². The molecule has 0 saturated carbocycles. The van der Waals surface area contributed by atoms with E-state index >= 15 is 0 Å². The zero-order valence-electron chi connectivity index (χ0n) is 11.0. The molecular weight excluding hydrogens is 224 g/mol. The van der Waals surface area contributed by atoms with E-state index in [4.69, 9.17) is 10.5 Å². The zero-order valence-corrected chi connectivity index (χ0v) is 11.0. The molecule has 0 bridgehead atoms. The van der Waals surface area contributed by atoms with Crippen molar-refractivity contribution in [1.82, 2.24) is 4.98 Å². The molecule has 96 valence electrons. The van der Waals surface area contributed by atoms with E-state index in [-0.39, 0.29) is 6.04 Å². The summed E-state index contributed by atoms with van der Waals surface area (Å²) in [7, 11) is 0. The van der Waals surface area contributed by atoms with E-state index in [0.717, 1.165) is 22.7 Å². The number of allylic oxidation sites excluding steroid dienone is 2. The summed E-state index contributed by atoms with van der Waals surface area (Å²) < 4.78 is 5.67. The van der Waals surface area contributed by atoms with E-state index in [1.807, 2.05) is 32.1 Å². The van der Waals surface area contributed by atoms with E-state index < -0.39 is 0 Å². The first-order chi connectivity index (χ1) is 8.58. The lowest BCUT2D eigenvalue weighted by molar-refractivity contribution is 0.300. The normalized spacial score (nSPS) is 12.9. The predicted molar refractivity (Wildman–Crippen MR) is 75.7 cm³/mol. The Labute approximate surface area is 109 Å². The number of pyridine rings is 1. The Morgan fingerprint density at radius 1 is 1.44 bits per heavy atom. The Morgan fingerprint density at radius 2 is 2.17 bits per heavy atom. The molecule has 0 aliphatic heterocycles. The van der Waals surface area contributed by atoms with Crippen LogP contribution in [0.3, 0.4) is 0 Å². The van der Waals surface area contributed by atoms with Gasteiger partial charge in [-0.15, -0.1) is 0 Å². The molecule has 3 heteroatoms. The van der Waals surface area contributed by atoms with Gasteiger partial charge in [0.05, 0.1) is 11.7 Å². The maximum atomic E-state index is 6.01. The van der Waals surface area contributed by atoms with Crippen molar-refractivity contribution < 1.29 is 4.74 Å². The van der Waals surface area contributed by atoms with Crippen molar-refractivity contribution in [2.45, 2.75) is 19.9 Å². The van der Waals surface area contributed by atoms with Crippen molar-refractivity contribution in [3.8, 4) is 5.75 Å². The maximum Gasteiger partial charge on any atom is 0.140 e. The van der Waals surface area contributed by atoms with Crippen LogP contribution < -0.4 is 10.5 Å². The summed E-state index contributed by atoms with van der Waals surface area (Å²) >= 11 is 0. The largest absolute Gasteiger partial charge is 0.490 e. The molecule has 0 aliphatic carbocycles.